The van der Waals surface area contributed by atoms with Gasteiger partial charge in [-0.05, 0) is 36.7 Å². The minimum atomic E-state index is -0.571. The van der Waals surface area contributed by atoms with E-state index in [1.54, 1.807) is 20.8 Å². The fraction of sp³-hybridized carbons (Fsp3) is 0.444. The predicted octanol–water partition coefficient (Wildman–Crippen LogP) is 1.78. The first-order valence-corrected chi connectivity index (χ1v) is 5.10. The van der Waals surface area contributed by atoms with E-state index in [1.807, 2.05) is 0 Å². The van der Waals surface area contributed by atoms with E-state index in [9.17, 15) is 4.79 Å². The normalized spacial score (nSPS) is 11.2. The van der Waals surface area contributed by atoms with Crippen LogP contribution in [-0.2, 0) is 4.74 Å². The number of hydrogen-bond donors (Lipinski definition) is 1. The molecule has 0 amide bonds. The second-order valence-electron chi connectivity index (χ2n) is 3.93. The second-order valence-corrected chi connectivity index (χ2v) is 4.74. The fourth-order valence-corrected chi connectivity index (χ4v) is 1.16. The van der Waals surface area contributed by atoms with E-state index in [0.717, 1.165) is 0 Å². The molecule has 0 unspecified atom stereocenters. The molecule has 1 aromatic rings. The Kier molecular flexibility index (Phi) is 3.28. The van der Waals surface area contributed by atoms with Gasteiger partial charge >= 0.3 is 5.97 Å². The molecule has 1 heterocycles. The highest BCUT2D eigenvalue weighted by Gasteiger charge is 2.21. The molecule has 2 N–H and O–H groups in total. The monoisotopic (exact) mass is 273 g/mol. The molecule has 0 saturated carbocycles. The first-order chi connectivity index (χ1) is 6.79. The molecule has 0 saturated heterocycles. The lowest BCUT2D eigenvalue weighted by molar-refractivity contribution is 0.00638. The highest BCUT2D eigenvalue weighted by molar-refractivity contribution is 9.10. The van der Waals surface area contributed by atoms with E-state index in [4.69, 9.17) is 10.5 Å². The maximum atomic E-state index is 11.6. The number of halogens is 1. The highest BCUT2D eigenvalue weighted by Crippen LogP contribution is 2.15. The maximum absolute atomic E-state index is 11.6. The molecule has 0 atom stereocenters. The van der Waals surface area contributed by atoms with Crippen LogP contribution in [0.2, 0.25) is 0 Å². The number of carbonyl (C=O) groups is 1. The molecule has 0 spiro atoms. The number of nitrogens with two attached hydrogens (primary N) is 1. The summed E-state index contributed by atoms with van der Waals surface area (Å²) in [7, 11) is 0. The zero-order valence-corrected chi connectivity index (χ0v) is 10.3. The summed E-state index contributed by atoms with van der Waals surface area (Å²) in [6, 6.07) is 0. The van der Waals surface area contributed by atoms with Gasteiger partial charge < -0.3 is 10.5 Å². The molecule has 1 rings (SSSR count). The van der Waals surface area contributed by atoms with Crippen molar-refractivity contribution in [3.63, 3.8) is 0 Å². The van der Waals surface area contributed by atoms with Crippen LogP contribution >= 0.6 is 15.9 Å². The van der Waals surface area contributed by atoms with Crippen LogP contribution in [0.25, 0.3) is 0 Å². The summed E-state index contributed by atoms with van der Waals surface area (Å²) in [4.78, 5) is 19.3. The molecule has 6 heteroatoms. The van der Waals surface area contributed by atoms with E-state index in [2.05, 4.69) is 25.9 Å². The number of nitrogen functional groups attached to an aromatic ring is 1. The Bertz CT molecular complexity index is 387. The molecule has 0 fully saturated rings. The Morgan fingerprint density at radius 2 is 2.13 bits per heavy atom. The lowest BCUT2D eigenvalue weighted by Crippen LogP contribution is -2.25. The standard InChI is InChI=1S/C9H12BrN3O2/c1-9(2,3)15-8(14)6-7(11)13-5(10)4-12-6/h4H,1-3H3,(H2,11,13). The summed E-state index contributed by atoms with van der Waals surface area (Å²) >= 11 is 3.10. The molecule has 0 aliphatic heterocycles. The molecule has 5 nitrogen and oxygen atoms in total. The summed E-state index contributed by atoms with van der Waals surface area (Å²) in [6.45, 7) is 5.31. The Hall–Kier alpha value is -1.17. The van der Waals surface area contributed by atoms with Gasteiger partial charge in [0.15, 0.2) is 11.5 Å². The van der Waals surface area contributed by atoms with E-state index >= 15 is 0 Å². The Morgan fingerprint density at radius 1 is 1.53 bits per heavy atom. The smallest absolute Gasteiger partial charge is 0.361 e. The van der Waals surface area contributed by atoms with Crippen molar-refractivity contribution >= 4 is 27.7 Å². The van der Waals surface area contributed by atoms with Crippen molar-refractivity contribution in [2.45, 2.75) is 26.4 Å². The van der Waals surface area contributed by atoms with Crippen molar-refractivity contribution in [2.24, 2.45) is 0 Å². The first kappa shape index (κ1) is 11.9. The van der Waals surface area contributed by atoms with E-state index in [1.165, 1.54) is 6.20 Å². The van der Waals surface area contributed by atoms with Gasteiger partial charge in [-0.15, -0.1) is 0 Å². The third-order valence-corrected chi connectivity index (χ3v) is 1.74. The average Bonchev–Trinajstić information content (AvgIpc) is 1.99. The molecule has 0 aromatic carbocycles. The van der Waals surface area contributed by atoms with Crippen LogP contribution in [0.1, 0.15) is 31.3 Å². The minimum absolute atomic E-state index is 0.0353. The number of ether oxygens (including phenoxy) is 1. The van der Waals surface area contributed by atoms with E-state index in [0.29, 0.717) is 4.60 Å². The molecule has 0 aliphatic rings. The largest absolute Gasteiger partial charge is 0.455 e. The molecular weight excluding hydrogens is 262 g/mol. The van der Waals surface area contributed by atoms with Crippen LogP contribution in [0, 0.1) is 0 Å². The second kappa shape index (κ2) is 4.14. The summed E-state index contributed by atoms with van der Waals surface area (Å²) in [5.74, 6) is -0.515. The zero-order valence-electron chi connectivity index (χ0n) is 8.74. The number of aromatic nitrogens is 2. The average molecular weight is 274 g/mol. The van der Waals surface area contributed by atoms with Gasteiger partial charge in [0.25, 0.3) is 0 Å². The van der Waals surface area contributed by atoms with Gasteiger partial charge in [0.2, 0.25) is 0 Å². The van der Waals surface area contributed by atoms with Crippen LogP contribution in [0.4, 0.5) is 5.82 Å². The molecule has 0 bridgehead atoms. The Labute approximate surface area is 96.2 Å². The van der Waals surface area contributed by atoms with Gasteiger partial charge in [0, 0.05) is 0 Å². The third kappa shape index (κ3) is 3.47. The molecule has 15 heavy (non-hydrogen) atoms. The minimum Gasteiger partial charge on any atom is -0.455 e. The van der Waals surface area contributed by atoms with Crippen molar-refractivity contribution in [1.82, 2.24) is 9.97 Å². The van der Waals surface area contributed by atoms with Crippen molar-refractivity contribution in [1.29, 1.82) is 0 Å². The Morgan fingerprint density at radius 3 is 2.60 bits per heavy atom. The van der Waals surface area contributed by atoms with Gasteiger partial charge in [-0.25, -0.2) is 14.8 Å². The van der Waals surface area contributed by atoms with Gasteiger partial charge in [-0.3, -0.25) is 0 Å². The topological polar surface area (TPSA) is 78.1 Å². The van der Waals surface area contributed by atoms with Crippen LogP contribution in [0.5, 0.6) is 0 Å². The van der Waals surface area contributed by atoms with Crippen molar-refractivity contribution in [3.05, 3.63) is 16.5 Å². The zero-order chi connectivity index (χ0) is 11.6. The first-order valence-electron chi connectivity index (χ1n) is 4.31. The van der Waals surface area contributed by atoms with Crippen molar-refractivity contribution < 1.29 is 9.53 Å². The molecular formula is C9H12BrN3O2. The fourth-order valence-electron chi connectivity index (χ4n) is 0.865. The van der Waals surface area contributed by atoms with E-state index < -0.39 is 11.6 Å². The van der Waals surface area contributed by atoms with Gasteiger partial charge in [-0.2, -0.15) is 0 Å². The van der Waals surface area contributed by atoms with E-state index in [-0.39, 0.29) is 11.5 Å². The SMILES string of the molecule is CC(C)(C)OC(=O)c1ncc(Br)nc1N. The van der Waals surface area contributed by atoms with Crippen molar-refractivity contribution in [3.8, 4) is 0 Å². The number of esters is 1. The molecule has 1 aromatic heterocycles. The number of nitrogens with zero attached hydrogens (tertiary/aromatic N) is 2. The predicted molar refractivity (Wildman–Crippen MR) is 59.3 cm³/mol. The molecule has 0 aliphatic carbocycles. The maximum Gasteiger partial charge on any atom is 0.361 e. The lowest BCUT2D eigenvalue weighted by Gasteiger charge is -2.19. The lowest BCUT2D eigenvalue weighted by atomic mass is 10.2. The summed E-state index contributed by atoms with van der Waals surface area (Å²) in [6.07, 6.45) is 1.40. The van der Waals surface area contributed by atoms with Gasteiger partial charge in [0.05, 0.1) is 6.20 Å². The van der Waals surface area contributed by atoms with Crippen LogP contribution in [0.15, 0.2) is 10.8 Å². The quantitative estimate of drug-likeness (QED) is 0.790. The Balaban J connectivity index is 2.92. The van der Waals surface area contributed by atoms with Crippen LogP contribution in [-0.4, -0.2) is 21.5 Å². The number of anilines is 1. The summed E-state index contributed by atoms with van der Waals surface area (Å²) < 4.78 is 5.59. The number of hydrogen-bond acceptors (Lipinski definition) is 5. The van der Waals surface area contributed by atoms with Gasteiger partial charge in [0.1, 0.15) is 10.2 Å². The summed E-state index contributed by atoms with van der Waals surface area (Å²) in [5.41, 5.74) is 5.00. The number of rotatable bonds is 1. The van der Waals surface area contributed by atoms with Crippen LogP contribution in [0.3, 0.4) is 0 Å². The highest BCUT2D eigenvalue weighted by atomic mass is 79.9. The third-order valence-electron chi connectivity index (χ3n) is 1.36. The molecule has 82 valence electrons. The van der Waals surface area contributed by atoms with Crippen LogP contribution < -0.4 is 5.73 Å². The summed E-state index contributed by atoms with van der Waals surface area (Å²) in [5, 5.41) is 0. The molecule has 0 radical (unpaired) electrons. The number of carbonyl (C=O) groups excluding carboxylic acids is 1. The van der Waals surface area contributed by atoms with Gasteiger partial charge in [-0.1, -0.05) is 0 Å². The van der Waals surface area contributed by atoms with Crippen molar-refractivity contribution in [2.75, 3.05) is 5.73 Å².